The van der Waals surface area contributed by atoms with E-state index in [1.54, 1.807) is 6.08 Å². The van der Waals surface area contributed by atoms with Gasteiger partial charge in [0.15, 0.2) is 6.10 Å². The zero-order chi connectivity index (χ0) is 49.9. The largest absolute Gasteiger partial charge is 0.472 e. The minimum atomic E-state index is -4.77. The van der Waals surface area contributed by atoms with Crippen molar-refractivity contribution in [1.29, 1.82) is 0 Å². The lowest BCUT2D eigenvalue weighted by Gasteiger charge is -2.21. The van der Waals surface area contributed by atoms with Gasteiger partial charge in [-0.15, -0.1) is 0 Å². The third-order valence-electron chi connectivity index (χ3n) is 10.8. The molecule has 3 atom stereocenters. The smallest absolute Gasteiger partial charge is 0.461 e. The van der Waals surface area contributed by atoms with Gasteiger partial charge in [-0.3, -0.25) is 23.4 Å². The lowest BCUT2D eigenvalue weighted by Crippen LogP contribution is -2.30. The molecule has 0 aromatic rings. The number of hydrogen-bond acceptors (Lipinski definition) is 10. The average Bonchev–Trinajstić information content (AvgIpc) is 3.32. The van der Waals surface area contributed by atoms with E-state index >= 15 is 0 Å². The minimum Gasteiger partial charge on any atom is -0.461 e. The Morgan fingerprint density at radius 2 is 0.838 bits per heavy atom. The summed E-state index contributed by atoms with van der Waals surface area (Å²) in [6, 6.07) is 0. The second-order valence-electron chi connectivity index (χ2n) is 17.3. The molecule has 3 unspecified atom stereocenters. The summed E-state index contributed by atoms with van der Waals surface area (Å²) in [5.74, 6) is -1.64. The van der Waals surface area contributed by atoms with Crippen LogP contribution in [0.25, 0.3) is 0 Å². The lowest BCUT2D eigenvalue weighted by atomic mass is 10.0. The quantitative estimate of drug-likeness (QED) is 0.0197. The van der Waals surface area contributed by atoms with Crippen LogP contribution in [0.1, 0.15) is 213 Å². The van der Waals surface area contributed by atoms with Crippen LogP contribution < -0.4 is 0 Å². The first-order valence-electron chi connectivity index (χ1n) is 26.5. The van der Waals surface area contributed by atoms with Gasteiger partial charge >= 0.3 is 25.7 Å². The second kappa shape index (κ2) is 50.1. The number of phosphoric acid groups is 1. The Bertz CT molecular complexity index is 1460. The van der Waals surface area contributed by atoms with Gasteiger partial charge in [-0.2, -0.15) is 0 Å². The number of ether oxygens (including phenoxy) is 3. The van der Waals surface area contributed by atoms with Crippen molar-refractivity contribution in [3.63, 3.8) is 0 Å². The van der Waals surface area contributed by atoms with Crippen molar-refractivity contribution in [2.24, 2.45) is 0 Å². The number of aliphatic hydroxyl groups is 1. The number of carbonyl (C=O) groups is 3. The molecule has 0 aliphatic rings. The van der Waals surface area contributed by atoms with Crippen LogP contribution in [0.3, 0.4) is 0 Å². The predicted octanol–water partition coefficient (Wildman–Crippen LogP) is 15.1. The van der Waals surface area contributed by atoms with E-state index in [2.05, 4.69) is 87.6 Å². The molecular formula is C56H95O11P. The molecule has 0 saturated heterocycles. The molecule has 0 aliphatic carbocycles. The van der Waals surface area contributed by atoms with Gasteiger partial charge in [0.05, 0.1) is 26.2 Å². The van der Waals surface area contributed by atoms with E-state index in [1.165, 1.54) is 57.8 Å². The average molecular weight is 975 g/mol. The second-order valence-corrected chi connectivity index (χ2v) is 18.8. The van der Waals surface area contributed by atoms with Gasteiger partial charge in [0.1, 0.15) is 12.7 Å². The number of allylic oxidation sites excluding steroid dienone is 13. The molecular weight excluding hydrogens is 880 g/mol. The summed E-state index contributed by atoms with van der Waals surface area (Å²) in [4.78, 5) is 48.3. The van der Waals surface area contributed by atoms with Crippen LogP contribution >= 0.6 is 7.82 Å². The van der Waals surface area contributed by atoms with Gasteiger partial charge in [0.25, 0.3) is 0 Å². The number of carbonyl (C=O) groups excluding carboxylic acids is 3. The molecule has 11 nitrogen and oxygen atoms in total. The van der Waals surface area contributed by atoms with Crippen LogP contribution in [0.5, 0.6) is 0 Å². The molecule has 390 valence electrons. The van der Waals surface area contributed by atoms with E-state index in [4.69, 9.17) is 23.3 Å². The first kappa shape index (κ1) is 64.7. The van der Waals surface area contributed by atoms with E-state index in [1.807, 2.05) is 12.2 Å². The van der Waals surface area contributed by atoms with Crippen molar-refractivity contribution in [3.8, 4) is 0 Å². The Hall–Kier alpha value is -3.34. The molecule has 2 N–H and O–H groups in total. The van der Waals surface area contributed by atoms with E-state index in [0.29, 0.717) is 19.3 Å². The van der Waals surface area contributed by atoms with Crippen molar-refractivity contribution in [1.82, 2.24) is 0 Å². The maximum absolute atomic E-state index is 12.8. The highest BCUT2D eigenvalue weighted by Crippen LogP contribution is 2.43. The van der Waals surface area contributed by atoms with Gasteiger partial charge in [-0.05, 0) is 70.6 Å². The van der Waals surface area contributed by atoms with Gasteiger partial charge in [-0.1, -0.05) is 209 Å². The van der Waals surface area contributed by atoms with Gasteiger partial charge in [0, 0.05) is 12.8 Å². The molecule has 0 heterocycles. The molecule has 0 rings (SSSR count). The zero-order valence-electron chi connectivity index (χ0n) is 42.8. The highest BCUT2D eigenvalue weighted by atomic mass is 31.2. The highest BCUT2D eigenvalue weighted by Gasteiger charge is 2.28. The Labute approximate surface area is 413 Å². The highest BCUT2D eigenvalue weighted by molar-refractivity contribution is 7.47. The summed E-state index contributed by atoms with van der Waals surface area (Å²) in [5, 5.41) is 9.78. The summed E-state index contributed by atoms with van der Waals surface area (Å²) < 4.78 is 39.2. The molecule has 68 heavy (non-hydrogen) atoms. The maximum Gasteiger partial charge on any atom is 0.472 e. The van der Waals surface area contributed by atoms with Crippen LogP contribution in [-0.2, 0) is 42.2 Å². The standard InChI is InChI=1S/C56H95O11P/c1-4-7-10-13-16-19-22-25-26-29-30-33-36-39-42-45-54(58)63-49-53(67-56(60)47-44-41-38-35-32-28-24-21-18-15-12-9-6-3)51-65-68(61,62)64-50-52(48-57)66-55(59)46-43-40-37-34-31-27-23-20-17-14-11-8-5-2/h7,10,12,15-16,19,21,24-26,30,33,39,42,52-53,57H,4-6,8-9,11,13-14,17-18,20,22-23,27-29,31-32,34-38,40-41,43-51H2,1-3H3,(H,61,62)/b10-7-,15-12-,19-16-,24-21-,26-25-,33-30-,42-39-. The zero-order valence-corrected chi connectivity index (χ0v) is 43.7. The molecule has 0 amide bonds. The van der Waals surface area contributed by atoms with Crippen LogP contribution in [0.15, 0.2) is 85.1 Å². The minimum absolute atomic E-state index is 0.0108. The number of hydrogen-bond donors (Lipinski definition) is 2. The molecule has 0 aromatic carbocycles. The first-order chi connectivity index (χ1) is 33.2. The Balaban J connectivity index is 4.85. The van der Waals surface area contributed by atoms with E-state index in [0.717, 1.165) is 96.3 Å². The first-order valence-corrected chi connectivity index (χ1v) is 28.0. The third-order valence-corrected chi connectivity index (χ3v) is 11.8. The molecule has 12 heteroatoms. The number of phosphoric ester groups is 1. The van der Waals surface area contributed by atoms with Gasteiger partial charge < -0.3 is 24.2 Å². The topological polar surface area (TPSA) is 155 Å². The van der Waals surface area contributed by atoms with Crippen molar-refractivity contribution in [2.75, 3.05) is 26.4 Å². The number of aliphatic hydroxyl groups excluding tert-OH is 1. The maximum atomic E-state index is 12.8. The molecule has 0 radical (unpaired) electrons. The summed E-state index contributed by atoms with van der Waals surface area (Å²) in [6.07, 6.45) is 55.8. The van der Waals surface area contributed by atoms with Gasteiger partial charge in [0.2, 0.25) is 0 Å². The van der Waals surface area contributed by atoms with Gasteiger partial charge in [-0.25, -0.2) is 4.57 Å². The van der Waals surface area contributed by atoms with Crippen molar-refractivity contribution >= 4 is 25.7 Å². The van der Waals surface area contributed by atoms with E-state index in [9.17, 15) is 28.9 Å². The van der Waals surface area contributed by atoms with Crippen LogP contribution in [0.2, 0.25) is 0 Å². The molecule has 0 fully saturated rings. The fraction of sp³-hybridized carbons (Fsp3) is 0.696. The van der Waals surface area contributed by atoms with E-state index in [-0.39, 0.29) is 19.3 Å². The summed E-state index contributed by atoms with van der Waals surface area (Å²) in [5.41, 5.74) is 0. The van der Waals surface area contributed by atoms with Crippen molar-refractivity contribution < 1.29 is 52.2 Å². The number of rotatable bonds is 48. The Morgan fingerprint density at radius 3 is 1.31 bits per heavy atom. The normalized spacial score (nSPS) is 14.1. The molecule has 0 bridgehead atoms. The van der Waals surface area contributed by atoms with Crippen molar-refractivity contribution in [3.05, 3.63) is 85.1 Å². The van der Waals surface area contributed by atoms with E-state index < -0.39 is 64.4 Å². The van der Waals surface area contributed by atoms with Crippen molar-refractivity contribution in [2.45, 2.75) is 226 Å². The fourth-order valence-electron chi connectivity index (χ4n) is 6.82. The van der Waals surface area contributed by atoms with Crippen LogP contribution in [0.4, 0.5) is 0 Å². The third kappa shape index (κ3) is 47.7. The monoisotopic (exact) mass is 975 g/mol. The Morgan fingerprint density at radius 1 is 0.441 bits per heavy atom. The molecule has 0 saturated carbocycles. The SMILES string of the molecule is CC/C=C\C/C=C\C/C=C\C/C=C\C/C=C\CC(=O)OCC(COP(=O)(O)OCC(CO)OC(=O)CCCCCCCCCCCCCCC)OC(=O)CCCCCCC/C=C\C/C=C\CCC. The number of esters is 3. The summed E-state index contributed by atoms with van der Waals surface area (Å²) in [6.45, 7) is 4.32. The predicted molar refractivity (Wildman–Crippen MR) is 279 cm³/mol. The lowest BCUT2D eigenvalue weighted by molar-refractivity contribution is -0.161. The molecule has 0 spiro atoms. The summed E-state index contributed by atoms with van der Waals surface area (Å²) in [7, 11) is -4.77. The van der Waals surface area contributed by atoms with Crippen LogP contribution in [0, 0.1) is 0 Å². The Kier molecular flexibility index (Phi) is 47.6. The van der Waals surface area contributed by atoms with Crippen LogP contribution in [-0.4, -0.2) is 66.5 Å². The molecule has 0 aromatic heterocycles. The molecule has 0 aliphatic heterocycles. The summed E-state index contributed by atoms with van der Waals surface area (Å²) >= 11 is 0. The fourth-order valence-corrected chi connectivity index (χ4v) is 7.60. The number of unbranched alkanes of at least 4 members (excludes halogenated alkanes) is 18.